The van der Waals surface area contributed by atoms with Crippen LogP contribution in [-0.4, -0.2) is 32.7 Å². The smallest absolute Gasteiger partial charge is 0.284 e. The summed E-state index contributed by atoms with van der Waals surface area (Å²) in [6.07, 6.45) is 1.71. The minimum atomic E-state index is -0.157. The number of hydrogen-bond donors (Lipinski definition) is 0. The molecule has 0 radical (unpaired) electrons. The summed E-state index contributed by atoms with van der Waals surface area (Å²) in [5, 5.41) is 4.99. The highest BCUT2D eigenvalue weighted by Crippen LogP contribution is 2.16. The van der Waals surface area contributed by atoms with Crippen LogP contribution in [0.1, 0.15) is 12.7 Å². The van der Waals surface area contributed by atoms with Crippen molar-refractivity contribution in [3.05, 3.63) is 63.8 Å². The number of benzene rings is 1. The lowest BCUT2D eigenvalue weighted by molar-refractivity contribution is 0.329. The summed E-state index contributed by atoms with van der Waals surface area (Å²) < 4.78 is 3.19. The van der Waals surface area contributed by atoms with Crippen LogP contribution in [0.4, 0.5) is 0 Å². The Morgan fingerprint density at radius 2 is 1.95 bits per heavy atom. The third-order valence-corrected chi connectivity index (χ3v) is 3.97. The Balaban J connectivity index is 2.30. The molecular weight excluding hydrogens is 300 g/mol. The van der Waals surface area contributed by atoms with Crippen molar-refractivity contribution in [3.63, 3.8) is 0 Å². The van der Waals surface area contributed by atoms with Crippen molar-refractivity contribution >= 4 is 17.1 Å². The monoisotopic (exact) mass is 316 g/mol. The first kappa shape index (κ1) is 14.8. The van der Waals surface area contributed by atoms with Crippen molar-refractivity contribution in [2.24, 2.45) is 0 Å². The molecule has 0 fully saturated rings. The van der Waals surface area contributed by atoms with Crippen LogP contribution >= 0.6 is 11.6 Å². The average Bonchev–Trinajstić information content (AvgIpc) is 2.89. The van der Waals surface area contributed by atoms with Gasteiger partial charge in [0.1, 0.15) is 5.52 Å². The molecule has 0 aliphatic heterocycles. The van der Waals surface area contributed by atoms with Gasteiger partial charge < -0.3 is 0 Å². The van der Waals surface area contributed by atoms with Gasteiger partial charge in [-0.25, -0.2) is 4.52 Å². The SMILES string of the molecule is CCN(C)Cc1nn2ccc(Cl)c2c(=O)n1-c1ccccc1. The van der Waals surface area contributed by atoms with Crippen molar-refractivity contribution in [1.82, 2.24) is 19.1 Å². The van der Waals surface area contributed by atoms with Crippen molar-refractivity contribution in [3.8, 4) is 5.69 Å². The zero-order valence-corrected chi connectivity index (χ0v) is 13.3. The molecule has 2 aromatic heterocycles. The van der Waals surface area contributed by atoms with E-state index in [-0.39, 0.29) is 5.56 Å². The topological polar surface area (TPSA) is 42.5 Å². The molecule has 0 atom stereocenters. The van der Waals surface area contributed by atoms with Crippen molar-refractivity contribution in [1.29, 1.82) is 0 Å². The summed E-state index contributed by atoms with van der Waals surface area (Å²) >= 11 is 6.14. The summed E-state index contributed by atoms with van der Waals surface area (Å²) in [5.41, 5.74) is 1.03. The standard InChI is InChI=1S/C16H17ClN4O/c1-3-19(2)11-14-18-20-10-9-13(17)15(20)16(22)21(14)12-7-5-4-6-8-12/h4-10H,3,11H2,1-2H3. The molecule has 22 heavy (non-hydrogen) atoms. The number of halogens is 1. The van der Waals surface area contributed by atoms with E-state index in [0.29, 0.717) is 22.9 Å². The maximum absolute atomic E-state index is 12.9. The molecular formula is C16H17ClN4O. The maximum atomic E-state index is 12.9. The molecule has 0 saturated heterocycles. The third kappa shape index (κ3) is 2.53. The van der Waals surface area contributed by atoms with Crippen molar-refractivity contribution in [2.75, 3.05) is 13.6 Å². The van der Waals surface area contributed by atoms with Gasteiger partial charge in [-0.1, -0.05) is 36.7 Å². The molecule has 3 rings (SSSR count). The predicted octanol–water partition coefficient (Wildman–Crippen LogP) is 2.59. The normalized spacial score (nSPS) is 11.5. The zero-order chi connectivity index (χ0) is 15.7. The minimum Gasteiger partial charge on any atom is -0.299 e. The molecule has 3 aromatic rings. The molecule has 1 aromatic carbocycles. The second-order valence-corrected chi connectivity index (χ2v) is 5.59. The van der Waals surface area contributed by atoms with E-state index in [0.717, 1.165) is 12.2 Å². The van der Waals surface area contributed by atoms with E-state index in [2.05, 4.69) is 16.9 Å². The Labute approximate surface area is 133 Å². The van der Waals surface area contributed by atoms with Gasteiger partial charge in [-0.15, -0.1) is 0 Å². The van der Waals surface area contributed by atoms with E-state index < -0.39 is 0 Å². The van der Waals surface area contributed by atoms with Crippen LogP contribution in [0.15, 0.2) is 47.4 Å². The molecule has 2 heterocycles. The zero-order valence-electron chi connectivity index (χ0n) is 12.5. The minimum absolute atomic E-state index is 0.157. The third-order valence-electron chi connectivity index (χ3n) is 3.67. The molecule has 0 aliphatic rings. The average molecular weight is 317 g/mol. The van der Waals surface area contributed by atoms with Gasteiger partial charge >= 0.3 is 0 Å². The number of fused-ring (bicyclic) bond motifs is 1. The van der Waals surface area contributed by atoms with Crippen molar-refractivity contribution < 1.29 is 0 Å². The first-order valence-corrected chi connectivity index (χ1v) is 7.52. The van der Waals surface area contributed by atoms with Crippen LogP contribution in [0.5, 0.6) is 0 Å². The van der Waals surface area contributed by atoms with E-state index in [9.17, 15) is 4.79 Å². The molecule has 0 spiro atoms. The fraction of sp³-hybridized carbons (Fsp3) is 0.250. The number of rotatable bonds is 4. The number of hydrogen-bond acceptors (Lipinski definition) is 3. The van der Waals surface area contributed by atoms with Gasteiger partial charge in [-0.2, -0.15) is 5.10 Å². The lowest BCUT2D eigenvalue weighted by Crippen LogP contribution is -2.30. The lowest BCUT2D eigenvalue weighted by atomic mass is 10.3. The van der Waals surface area contributed by atoms with Crippen LogP contribution in [0.25, 0.3) is 11.2 Å². The fourth-order valence-electron chi connectivity index (χ4n) is 2.37. The Hall–Kier alpha value is -2.11. The molecule has 114 valence electrons. The quantitative estimate of drug-likeness (QED) is 0.743. The first-order chi connectivity index (χ1) is 10.6. The van der Waals surface area contributed by atoms with E-state index in [4.69, 9.17) is 11.6 Å². The molecule has 0 amide bonds. The van der Waals surface area contributed by atoms with E-state index in [1.54, 1.807) is 21.3 Å². The summed E-state index contributed by atoms with van der Waals surface area (Å²) in [6, 6.07) is 11.2. The molecule has 6 heteroatoms. The van der Waals surface area contributed by atoms with E-state index >= 15 is 0 Å². The van der Waals surface area contributed by atoms with Crippen molar-refractivity contribution in [2.45, 2.75) is 13.5 Å². The number of nitrogens with zero attached hydrogens (tertiary/aromatic N) is 4. The Kier molecular flexibility index (Phi) is 4.00. The van der Waals surface area contributed by atoms with Gasteiger partial charge in [-0.3, -0.25) is 14.3 Å². The Bertz CT molecular complexity index is 854. The van der Waals surface area contributed by atoms with Gasteiger partial charge in [0.2, 0.25) is 0 Å². The van der Waals surface area contributed by atoms with Gasteiger partial charge in [0, 0.05) is 6.20 Å². The molecule has 5 nitrogen and oxygen atoms in total. The van der Waals surface area contributed by atoms with Crippen LogP contribution in [0.2, 0.25) is 5.02 Å². The largest absolute Gasteiger partial charge is 0.299 e. The predicted molar refractivity (Wildman–Crippen MR) is 87.8 cm³/mol. The second-order valence-electron chi connectivity index (χ2n) is 5.18. The van der Waals surface area contributed by atoms with Gasteiger partial charge in [0.15, 0.2) is 5.82 Å². The number of para-hydroxylation sites is 1. The maximum Gasteiger partial charge on any atom is 0.284 e. The van der Waals surface area contributed by atoms with E-state index in [1.807, 2.05) is 37.4 Å². The van der Waals surface area contributed by atoms with Crippen LogP contribution in [0.3, 0.4) is 0 Å². The Morgan fingerprint density at radius 1 is 1.23 bits per heavy atom. The molecule has 0 aliphatic carbocycles. The highest BCUT2D eigenvalue weighted by molar-refractivity contribution is 6.33. The second kappa shape index (κ2) is 5.94. The van der Waals surface area contributed by atoms with Gasteiger partial charge in [-0.05, 0) is 31.8 Å². The summed E-state index contributed by atoms with van der Waals surface area (Å²) in [5.74, 6) is 0.681. The molecule has 0 saturated carbocycles. The Morgan fingerprint density at radius 3 is 2.64 bits per heavy atom. The highest BCUT2D eigenvalue weighted by atomic mass is 35.5. The number of aromatic nitrogens is 3. The highest BCUT2D eigenvalue weighted by Gasteiger charge is 2.16. The van der Waals surface area contributed by atoms with Crippen LogP contribution in [0, 0.1) is 0 Å². The van der Waals surface area contributed by atoms with Gasteiger partial charge in [0.25, 0.3) is 5.56 Å². The molecule has 0 unspecified atom stereocenters. The summed E-state index contributed by atoms with van der Waals surface area (Å²) in [4.78, 5) is 15.0. The molecule has 0 N–H and O–H groups in total. The van der Waals surface area contributed by atoms with Gasteiger partial charge in [0.05, 0.1) is 17.3 Å². The van der Waals surface area contributed by atoms with E-state index in [1.165, 1.54) is 0 Å². The van der Waals surface area contributed by atoms with Crippen LogP contribution in [-0.2, 0) is 6.54 Å². The summed E-state index contributed by atoms with van der Waals surface area (Å²) in [6.45, 7) is 3.51. The van der Waals surface area contributed by atoms with Crippen LogP contribution < -0.4 is 5.56 Å². The lowest BCUT2D eigenvalue weighted by Gasteiger charge is -2.18. The summed E-state index contributed by atoms with van der Waals surface area (Å²) in [7, 11) is 1.99. The fourth-order valence-corrected chi connectivity index (χ4v) is 2.60. The first-order valence-electron chi connectivity index (χ1n) is 7.14. The molecule has 0 bridgehead atoms.